The van der Waals surface area contributed by atoms with E-state index in [1.54, 1.807) is 12.1 Å². The largest absolute Gasteiger partial charge is 0.309 e. The van der Waals surface area contributed by atoms with Gasteiger partial charge in [-0.05, 0) is 43.1 Å². The van der Waals surface area contributed by atoms with E-state index in [9.17, 15) is 4.39 Å². The minimum absolute atomic E-state index is 0.129. The van der Waals surface area contributed by atoms with E-state index >= 15 is 0 Å². The average molecular weight is 291 g/mol. The summed E-state index contributed by atoms with van der Waals surface area (Å²) in [6, 6.07) is 5.87. The van der Waals surface area contributed by atoms with Crippen LogP contribution in [0.3, 0.4) is 0 Å². The van der Waals surface area contributed by atoms with Gasteiger partial charge in [-0.2, -0.15) is 0 Å². The number of hydrogen-bond acceptors (Lipinski definition) is 3. The topological polar surface area (TPSA) is 18.5 Å². The summed E-state index contributed by atoms with van der Waals surface area (Å²) in [5, 5.41) is 3.67. The van der Waals surface area contributed by atoms with Crippen molar-refractivity contribution in [2.45, 2.75) is 32.4 Å². The van der Waals surface area contributed by atoms with Crippen LogP contribution in [-0.2, 0) is 0 Å². The molecule has 21 heavy (non-hydrogen) atoms. The van der Waals surface area contributed by atoms with E-state index in [4.69, 9.17) is 0 Å². The fraction of sp³-hybridized carbons (Fsp3) is 0.647. The highest BCUT2D eigenvalue weighted by Gasteiger charge is 2.37. The molecular formula is C17H26FN3. The van der Waals surface area contributed by atoms with Gasteiger partial charge in [0.2, 0.25) is 0 Å². The third kappa shape index (κ3) is 3.12. The molecule has 1 N–H and O–H groups in total. The maximum atomic E-state index is 13.7. The van der Waals surface area contributed by atoms with Gasteiger partial charge in [0.25, 0.3) is 0 Å². The van der Waals surface area contributed by atoms with Crippen LogP contribution in [0.2, 0.25) is 0 Å². The summed E-state index contributed by atoms with van der Waals surface area (Å²) in [4.78, 5) is 5.12. The van der Waals surface area contributed by atoms with Gasteiger partial charge in [-0.15, -0.1) is 0 Å². The highest BCUT2D eigenvalue weighted by molar-refractivity contribution is 5.31. The van der Waals surface area contributed by atoms with Crippen molar-refractivity contribution in [2.24, 2.45) is 0 Å². The molecule has 3 fully saturated rings. The Morgan fingerprint density at radius 3 is 2.67 bits per heavy atom. The number of piperazine rings is 3. The third-order valence-corrected chi connectivity index (χ3v) is 4.90. The Kier molecular flexibility index (Phi) is 4.57. The Morgan fingerprint density at radius 2 is 2.05 bits per heavy atom. The molecule has 2 atom stereocenters. The Hall–Kier alpha value is -0.970. The van der Waals surface area contributed by atoms with Crippen LogP contribution in [0.15, 0.2) is 18.2 Å². The van der Waals surface area contributed by atoms with Gasteiger partial charge in [0, 0.05) is 44.8 Å². The molecule has 3 nitrogen and oxygen atoms in total. The Bertz CT molecular complexity index is 483. The lowest BCUT2D eigenvalue weighted by molar-refractivity contribution is -0.00377. The van der Waals surface area contributed by atoms with Gasteiger partial charge in [-0.3, -0.25) is 9.80 Å². The lowest BCUT2D eigenvalue weighted by Gasteiger charge is -2.50. The maximum Gasteiger partial charge on any atom is 0.123 e. The molecule has 0 spiro atoms. The van der Waals surface area contributed by atoms with Gasteiger partial charge in [0.05, 0.1) is 0 Å². The normalized spacial score (nSPS) is 29.6. The fourth-order valence-corrected chi connectivity index (χ4v) is 3.67. The van der Waals surface area contributed by atoms with Crippen molar-refractivity contribution in [1.29, 1.82) is 0 Å². The van der Waals surface area contributed by atoms with Crippen molar-refractivity contribution in [3.63, 3.8) is 0 Å². The van der Waals surface area contributed by atoms with Gasteiger partial charge in [0.15, 0.2) is 0 Å². The van der Waals surface area contributed by atoms with E-state index in [0.29, 0.717) is 6.04 Å². The quantitative estimate of drug-likeness (QED) is 0.897. The molecule has 3 aliphatic heterocycles. The number of hydrogen-bond donors (Lipinski definition) is 1. The van der Waals surface area contributed by atoms with Crippen LogP contribution < -0.4 is 5.32 Å². The smallest absolute Gasteiger partial charge is 0.123 e. The first-order valence-corrected chi connectivity index (χ1v) is 8.15. The van der Waals surface area contributed by atoms with E-state index in [-0.39, 0.29) is 11.9 Å². The minimum Gasteiger partial charge on any atom is -0.309 e. The molecule has 0 aliphatic carbocycles. The van der Waals surface area contributed by atoms with E-state index in [1.807, 2.05) is 6.07 Å². The van der Waals surface area contributed by atoms with Crippen molar-refractivity contribution >= 4 is 0 Å². The summed E-state index contributed by atoms with van der Waals surface area (Å²) in [6.45, 7) is 11.0. The van der Waals surface area contributed by atoms with Gasteiger partial charge in [0.1, 0.15) is 5.82 Å². The number of benzene rings is 1. The molecule has 0 amide bonds. The van der Waals surface area contributed by atoms with Gasteiger partial charge < -0.3 is 5.32 Å². The summed E-state index contributed by atoms with van der Waals surface area (Å²) in [6.07, 6.45) is 1.10. The van der Waals surface area contributed by atoms with Crippen LogP contribution in [0, 0.1) is 12.7 Å². The summed E-state index contributed by atoms with van der Waals surface area (Å²) in [5.74, 6) is -0.129. The summed E-state index contributed by atoms with van der Waals surface area (Å²) in [7, 11) is 0. The third-order valence-electron chi connectivity index (χ3n) is 4.90. The molecule has 4 heteroatoms. The molecule has 4 rings (SSSR count). The minimum atomic E-state index is -0.129. The molecule has 3 aliphatic rings. The standard InChI is InChI=1S/C17H26FN3/c1-3-6-19-17(15-11-14(18)5-4-13(15)2)16-12-20-7-9-21(16)10-8-20/h4-5,11,16-17,19H,3,6-10,12H2,1-2H3. The van der Waals surface area contributed by atoms with E-state index in [1.165, 1.54) is 18.7 Å². The number of fused-ring (bicyclic) bond motifs is 3. The van der Waals surface area contributed by atoms with E-state index < -0.39 is 0 Å². The first kappa shape index (κ1) is 14.9. The molecule has 0 radical (unpaired) electrons. The summed E-state index contributed by atoms with van der Waals surface area (Å²) >= 11 is 0. The molecule has 0 saturated carbocycles. The summed E-state index contributed by atoms with van der Waals surface area (Å²) in [5.41, 5.74) is 2.31. The highest BCUT2D eigenvalue weighted by Crippen LogP contribution is 2.29. The number of halogens is 1. The van der Waals surface area contributed by atoms with Gasteiger partial charge in [-0.1, -0.05) is 13.0 Å². The second kappa shape index (κ2) is 6.42. The second-order valence-electron chi connectivity index (χ2n) is 6.34. The first-order chi connectivity index (χ1) is 10.2. The van der Waals surface area contributed by atoms with Gasteiger partial charge >= 0.3 is 0 Å². The molecule has 116 valence electrons. The van der Waals surface area contributed by atoms with Crippen LogP contribution in [-0.4, -0.2) is 55.1 Å². The predicted octanol–water partition coefficient (Wildman–Crippen LogP) is 2.17. The second-order valence-corrected chi connectivity index (χ2v) is 6.34. The van der Waals surface area contributed by atoms with Gasteiger partial charge in [-0.25, -0.2) is 4.39 Å². The SMILES string of the molecule is CCCNC(c1cc(F)ccc1C)C1CN2CCN1CC2. The monoisotopic (exact) mass is 291 g/mol. The van der Waals surface area contributed by atoms with Crippen LogP contribution in [0.5, 0.6) is 0 Å². The fourth-order valence-electron chi connectivity index (χ4n) is 3.67. The molecule has 3 saturated heterocycles. The lowest BCUT2D eigenvalue weighted by atomic mass is 9.91. The zero-order chi connectivity index (χ0) is 14.8. The Labute approximate surface area is 127 Å². The zero-order valence-electron chi connectivity index (χ0n) is 13.1. The number of aryl methyl sites for hydroxylation is 1. The van der Waals surface area contributed by atoms with Crippen molar-refractivity contribution < 1.29 is 4.39 Å². The molecular weight excluding hydrogens is 265 g/mol. The molecule has 1 aromatic carbocycles. The highest BCUT2D eigenvalue weighted by atomic mass is 19.1. The maximum absolute atomic E-state index is 13.7. The van der Waals surface area contributed by atoms with E-state index in [0.717, 1.165) is 38.2 Å². The Morgan fingerprint density at radius 1 is 1.29 bits per heavy atom. The van der Waals surface area contributed by atoms with Crippen LogP contribution >= 0.6 is 0 Å². The molecule has 1 aromatic rings. The van der Waals surface area contributed by atoms with Crippen LogP contribution in [0.25, 0.3) is 0 Å². The first-order valence-electron chi connectivity index (χ1n) is 8.15. The van der Waals surface area contributed by atoms with Crippen molar-refractivity contribution in [1.82, 2.24) is 15.1 Å². The molecule has 2 unspecified atom stereocenters. The number of rotatable bonds is 5. The van der Waals surface area contributed by atoms with Crippen molar-refractivity contribution in [2.75, 3.05) is 39.3 Å². The zero-order valence-corrected chi connectivity index (χ0v) is 13.1. The average Bonchev–Trinajstić information content (AvgIpc) is 2.52. The predicted molar refractivity (Wildman–Crippen MR) is 84.0 cm³/mol. The molecule has 0 aromatic heterocycles. The van der Waals surface area contributed by atoms with Crippen molar-refractivity contribution in [3.05, 3.63) is 35.1 Å². The molecule has 2 bridgehead atoms. The van der Waals surface area contributed by atoms with E-state index in [2.05, 4.69) is 29.0 Å². The van der Waals surface area contributed by atoms with Crippen molar-refractivity contribution in [3.8, 4) is 0 Å². The number of nitrogens with one attached hydrogen (secondary N) is 1. The van der Waals surface area contributed by atoms with Crippen LogP contribution in [0.1, 0.15) is 30.5 Å². The number of nitrogens with zero attached hydrogens (tertiary/aromatic N) is 2. The molecule has 3 heterocycles. The lowest BCUT2D eigenvalue weighted by Crippen LogP contribution is -2.64. The van der Waals surface area contributed by atoms with Crippen LogP contribution in [0.4, 0.5) is 4.39 Å². The Balaban J connectivity index is 1.88. The summed E-state index contributed by atoms with van der Waals surface area (Å²) < 4.78 is 13.7.